The molecular weight excluding hydrogens is 279 g/mol. The second kappa shape index (κ2) is 6.70. The molecular formula is C12H14F3NO2S. The van der Waals surface area contributed by atoms with Gasteiger partial charge in [-0.2, -0.15) is 13.2 Å². The largest absolute Gasteiger partial charge is 0.481 e. The third-order valence-corrected chi connectivity index (χ3v) is 3.03. The number of aliphatic carboxylic acids is 1. The van der Waals surface area contributed by atoms with Crippen molar-refractivity contribution >= 4 is 23.4 Å². The van der Waals surface area contributed by atoms with Crippen LogP contribution in [0.1, 0.15) is 19.8 Å². The van der Waals surface area contributed by atoms with Gasteiger partial charge in [-0.3, -0.25) is 4.79 Å². The lowest BCUT2D eigenvalue weighted by atomic mass is 10.1. The summed E-state index contributed by atoms with van der Waals surface area (Å²) in [4.78, 5) is 10.5. The third kappa shape index (κ3) is 6.95. The van der Waals surface area contributed by atoms with Crippen LogP contribution in [-0.2, 0) is 4.79 Å². The van der Waals surface area contributed by atoms with Gasteiger partial charge in [-0.05, 0) is 49.4 Å². The van der Waals surface area contributed by atoms with Crippen molar-refractivity contribution in [1.82, 2.24) is 0 Å². The van der Waals surface area contributed by atoms with Crippen molar-refractivity contribution in [2.24, 2.45) is 0 Å². The Morgan fingerprint density at radius 3 is 2.42 bits per heavy atom. The van der Waals surface area contributed by atoms with Gasteiger partial charge in [-0.1, -0.05) is 0 Å². The average Bonchev–Trinajstić information content (AvgIpc) is 2.27. The highest BCUT2D eigenvalue weighted by atomic mass is 32.2. The predicted octanol–water partition coefficient (Wildman–Crippen LogP) is 3.96. The number of alkyl halides is 3. The molecule has 3 nitrogen and oxygen atoms in total. The number of hydrogen-bond acceptors (Lipinski definition) is 3. The number of rotatable bonds is 6. The number of carboxylic acid groups (broad SMARTS) is 1. The summed E-state index contributed by atoms with van der Waals surface area (Å²) in [6.45, 7) is 1.82. The van der Waals surface area contributed by atoms with Crippen molar-refractivity contribution < 1.29 is 23.1 Å². The van der Waals surface area contributed by atoms with Gasteiger partial charge in [0.1, 0.15) is 0 Å². The van der Waals surface area contributed by atoms with Crippen LogP contribution in [0, 0.1) is 0 Å². The first-order valence-electron chi connectivity index (χ1n) is 5.60. The Morgan fingerprint density at radius 2 is 1.95 bits per heavy atom. The van der Waals surface area contributed by atoms with Crippen LogP contribution in [-0.4, -0.2) is 22.6 Å². The number of thioether (sulfide) groups is 1. The molecule has 0 aliphatic rings. The van der Waals surface area contributed by atoms with Gasteiger partial charge in [0.2, 0.25) is 0 Å². The number of carboxylic acids is 1. The van der Waals surface area contributed by atoms with Crippen LogP contribution in [0.2, 0.25) is 0 Å². The second-order valence-electron chi connectivity index (χ2n) is 4.05. The van der Waals surface area contributed by atoms with E-state index in [1.165, 1.54) is 12.1 Å². The van der Waals surface area contributed by atoms with E-state index in [9.17, 15) is 18.0 Å². The molecule has 1 atom stereocenters. The smallest absolute Gasteiger partial charge is 0.446 e. The zero-order valence-electron chi connectivity index (χ0n) is 10.2. The Bertz CT molecular complexity index is 420. The molecule has 0 saturated heterocycles. The van der Waals surface area contributed by atoms with Gasteiger partial charge in [-0.15, -0.1) is 0 Å². The summed E-state index contributed by atoms with van der Waals surface area (Å²) in [5.41, 5.74) is -3.62. The average molecular weight is 293 g/mol. The number of nitrogens with one attached hydrogen (secondary N) is 1. The van der Waals surface area contributed by atoms with E-state index in [-0.39, 0.29) is 29.1 Å². The Balaban J connectivity index is 2.50. The summed E-state index contributed by atoms with van der Waals surface area (Å²) in [6, 6.07) is 5.79. The van der Waals surface area contributed by atoms with Crippen molar-refractivity contribution in [2.45, 2.75) is 36.2 Å². The molecule has 0 radical (unpaired) electrons. The Hall–Kier alpha value is -1.37. The first-order valence-corrected chi connectivity index (χ1v) is 6.42. The van der Waals surface area contributed by atoms with Gasteiger partial charge in [0.25, 0.3) is 0 Å². The normalized spacial score (nSPS) is 13.1. The van der Waals surface area contributed by atoms with E-state index in [2.05, 4.69) is 5.32 Å². The zero-order valence-corrected chi connectivity index (χ0v) is 11.0. The van der Waals surface area contributed by atoms with Crippen LogP contribution in [0.15, 0.2) is 29.2 Å². The zero-order chi connectivity index (χ0) is 14.5. The van der Waals surface area contributed by atoms with Crippen molar-refractivity contribution in [3.8, 4) is 0 Å². The molecule has 0 heterocycles. The molecule has 0 amide bonds. The summed E-state index contributed by atoms with van der Waals surface area (Å²) in [7, 11) is 0. The molecule has 0 bridgehead atoms. The molecule has 1 aromatic rings. The van der Waals surface area contributed by atoms with Crippen LogP contribution < -0.4 is 5.32 Å². The van der Waals surface area contributed by atoms with Crippen LogP contribution in [0.5, 0.6) is 0 Å². The van der Waals surface area contributed by atoms with Crippen LogP contribution in [0.3, 0.4) is 0 Å². The van der Waals surface area contributed by atoms with E-state index in [0.717, 1.165) is 0 Å². The van der Waals surface area contributed by atoms with Crippen molar-refractivity contribution in [2.75, 3.05) is 5.32 Å². The minimum absolute atomic E-state index is 0.0518. The van der Waals surface area contributed by atoms with E-state index in [1.807, 2.05) is 6.92 Å². The molecule has 7 heteroatoms. The van der Waals surface area contributed by atoms with Gasteiger partial charge >= 0.3 is 11.5 Å². The Labute approximate surface area is 113 Å². The number of carbonyl (C=O) groups is 1. The topological polar surface area (TPSA) is 49.3 Å². The fraction of sp³-hybridized carbons (Fsp3) is 0.417. The first kappa shape index (κ1) is 15.7. The van der Waals surface area contributed by atoms with Crippen molar-refractivity contribution in [1.29, 1.82) is 0 Å². The van der Waals surface area contributed by atoms with Crippen molar-refractivity contribution in [3.05, 3.63) is 24.3 Å². The van der Waals surface area contributed by atoms with Gasteiger partial charge < -0.3 is 10.4 Å². The fourth-order valence-corrected chi connectivity index (χ4v) is 1.99. The SMILES string of the molecule is CC(CCC(=O)O)Nc1ccc(SC(F)(F)F)cc1. The fourth-order valence-electron chi connectivity index (χ4n) is 1.45. The predicted molar refractivity (Wildman–Crippen MR) is 68.3 cm³/mol. The summed E-state index contributed by atoms with van der Waals surface area (Å²) in [6.07, 6.45) is 0.505. The summed E-state index contributed by atoms with van der Waals surface area (Å²) < 4.78 is 36.4. The lowest BCUT2D eigenvalue weighted by Gasteiger charge is -2.14. The molecule has 0 fully saturated rings. The van der Waals surface area contributed by atoms with E-state index in [0.29, 0.717) is 12.1 Å². The lowest BCUT2D eigenvalue weighted by Crippen LogP contribution is -2.16. The van der Waals surface area contributed by atoms with Gasteiger partial charge in [0.15, 0.2) is 0 Å². The number of benzene rings is 1. The monoisotopic (exact) mass is 293 g/mol. The first-order chi connectivity index (χ1) is 8.76. The highest BCUT2D eigenvalue weighted by Crippen LogP contribution is 2.37. The maximum atomic E-state index is 12.1. The summed E-state index contributed by atoms with van der Waals surface area (Å²) in [5, 5.41) is 11.6. The van der Waals surface area contributed by atoms with Crippen LogP contribution >= 0.6 is 11.8 Å². The summed E-state index contributed by atoms with van der Waals surface area (Å²) >= 11 is -0.163. The molecule has 0 aliphatic heterocycles. The quantitative estimate of drug-likeness (QED) is 0.779. The maximum Gasteiger partial charge on any atom is 0.446 e. The maximum absolute atomic E-state index is 12.1. The van der Waals surface area contributed by atoms with Crippen LogP contribution in [0.4, 0.5) is 18.9 Å². The number of anilines is 1. The highest BCUT2D eigenvalue weighted by molar-refractivity contribution is 8.00. The van der Waals surface area contributed by atoms with E-state index >= 15 is 0 Å². The van der Waals surface area contributed by atoms with E-state index in [4.69, 9.17) is 5.11 Å². The number of halogens is 3. The van der Waals surface area contributed by atoms with Gasteiger partial charge in [-0.25, -0.2) is 0 Å². The van der Waals surface area contributed by atoms with Crippen LogP contribution in [0.25, 0.3) is 0 Å². The minimum atomic E-state index is -4.29. The molecule has 0 aromatic heterocycles. The second-order valence-corrected chi connectivity index (χ2v) is 5.19. The van der Waals surface area contributed by atoms with Gasteiger partial charge in [0, 0.05) is 23.0 Å². The van der Waals surface area contributed by atoms with E-state index < -0.39 is 11.5 Å². The molecule has 0 saturated carbocycles. The number of hydrogen-bond donors (Lipinski definition) is 2. The molecule has 1 unspecified atom stereocenters. The Kier molecular flexibility index (Phi) is 5.53. The van der Waals surface area contributed by atoms with E-state index in [1.54, 1.807) is 12.1 Å². The third-order valence-electron chi connectivity index (χ3n) is 2.29. The molecule has 19 heavy (non-hydrogen) atoms. The highest BCUT2D eigenvalue weighted by Gasteiger charge is 2.28. The molecule has 106 valence electrons. The van der Waals surface area contributed by atoms with Gasteiger partial charge in [0.05, 0.1) is 0 Å². The Morgan fingerprint density at radius 1 is 1.37 bits per heavy atom. The lowest BCUT2D eigenvalue weighted by molar-refractivity contribution is -0.137. The standard InChI is InChI=1S/C12H14F3NO2S/c1-8(2-7-11(17)18)16-9-3-5-10(6-4-9)19-12(13,14)15/h3-6,8,16H,2,7H2,1H3,(H,17,18). The molecule has 0 spiro atoms. The molecule has 1 aromatic carbocycles. The van der Waals surface area contributed by atoms with Crippen molar-refractivity contribution in [3.63, 3.8) is 0 Å². The molecule has 0 aliphatic carbocycles. The summed E-state index contributed by atoms with van der Waals surface area (Å²) in [5.74, 6) is -0.870. The molecule has 1 rings (SSSR count). The molecule has 2 N–H and O–H groups in total. The minimum Gasteiger partial charge on any atom is -0.481 e.